The van der Waals surface area contributed by atoms with Gasteiger partial charge in [0.05, 0.1) is 29.9 Å². The molecule has 0 radical (unpaired) electrons. The summed E-state index contributed by atoms with van der Waals surface area (Å²) in [6.07, 6.45) is 3.84. The van der Waals surface area contributed by atoms with E-state index in [1.165, 1.54) is 16.6 Å². The molecule has 5 rings (SSSR count). The Bertz CT molecular complexity index is 1330. The first-order valence-corrected chi connectivity index (χ1v) is 12.8. The van der Waals surface area contributed by atoms with Crippen molar-refractivity contribution in [2.45, 2.75) is 32.0 Å². The fourth-order valence-corrected chi connectivity index (χ4v) is 6.01. The van der Waals surface area contributed by atoms with Gasteiger partial charge in [0.2, 0.25) is 10.0 Å². The van der Waals surface area contributed by atoms with Crippen molar-refractivity contribution in [1.29, 1.82) is 0 Å². The van der Waals surface area contributed by atoms with Gasteiger partial charge in [0.25, 0.3) is 0 Å². The Balaban J connectivity index is 1.22. The van der Waals surface area contributed by atoms with Gasteiger partial charge in [-0.25, -0.2) is 18.2 Å². The molecule has 2 aliphatic heterocycles. The standard InChI is InChI=1S/C22H23ClN6O4S/c23-21-11-16(5-6-24-21)27-22(30)33-18-4-1-3-15(10-18)9-17-14-28-19(12-25-17)20(13-26-28)29-7-2-8-34(29,31)32/h1,3-6,10-11,13,17,25H,2,7-9,12,14H2,(H,24,27,30)/t17-/m0/s1. The fraction of sp³-hybridized carbons (Fsp3) is 0.318. The summed E-state index contributed by atoms with van der Waals surface area (Å²) in [5.41, 5.74) is 3.03. The van der Waals surface area contributed by atoms with Crippen molar-refractivity contribution in [3.05, 3.63) is 65.2 Å². The van der Waals surface area contributed by atoms with E-state index in [4.69, 9.17) is 16.3 Å². The highest BCUT2D eigenvalue weighted by Crippen LogP contribution is 2.29. The smallest absolute Gasteiger partial charge is 0.410 e. The maximum Gasteiger partial charge on any atom is 0.417 e. The predicted octanol–water partition coefficient (Wildman–Crippen LogP) is 2.80. The number of anilines is 2. The van der Waals surface area contributed by atoms with Gasteiger partial charge in [-0.2, -0.15) is 5.10 Å². The van der Waals surface area contributed by atoms with Crippen LogP contribution in [0.15, 0.2) is 48.8 Å². The molecule has 1 saturated heterocycles. The maximum atomic E-state index is 12.3. The van der Waals surface area contributed by atoms with Crippen LogP contribution in [-0.2, 0) is 29.5 Å². The van der Waals surface area contributed by atoms with Crippen molar-refractivity contribution in [1.82, 2.24) is 20.1 Å². The van der Waals surface area contributed by atoms with E-state index in [1.54, 1.807) is 18.3 Å². The zero-order valence-corrected chi connectivity index (χ0v) is 19.7. The van der Waals surface area contributed by atoms with Crippen LogP contribution in [0.3, 0.4) is 0 Å². The highest BCUT2D eigenvalue weighted by molar-refractivity contribution is 7.93. The number of ether oxygens (including phenoxy) is 1. The molecular weight excluding hydrogens is 480 g/mol. The van der Waals surface area contributed by atoms with Gasteiger partial charge in [0.1, 0.15) is 10.9 Å². The lowest BCUT2D eigenvalue weighted by Gasteiger charge is -2.27. The number of nitrogens with zero attached hydrogens (tertiary/aromatic N) is 4. The molecule has 34 heavy (non-hydrogen) atoms. The minimum Gasteiger partial charge on any atom is -0.410 e. The van der Waals surface area contributed by atoms with Crippen molar-refractivity contribution in [2.75, 3.05) is 21.9 Å². The first kappa shape index (κ1) is 22.6. The van der Waals surface area contributed by atoms with E-state index in [0.717, 1.165) is 11.3 Å². The van der Waals surface area contributed by atoms with Crippen LogP contribution in [0.25, 0.3) is 0 Å². The van der Waals surface area contributed by atoms with Gasteiger partial charge >= 0.3 is 6.09 Å². The molecule has 0 unspecified atom stereocenters. The summed E-state index contributed by atoms with van der Waals surface area (Å²) in [5, 5.41) is 10.8. The zero-order chi connectivity index (χ0) is 23.7. The van der Waals surface area contributed by atoms with Crippen LogP contribution < -0.4 is 19.7 Å². The van der Waals surface area contributed by atoms with Crippen LogP contribution in [0.5, 0.6) is 5.75 Å². The predicted molar refractivity (Wildman–Crippen MR) is 128 cm³/mol. The number of hydrogen-bond acceptors (Lipinski definition) is 7. The summed E-state index contributed by atoms with van der Waals surface area (Å²) in [7, 11) is -3.25. The number of halogens is 1. The van der Waals surface area contributed by atoms with Gasteiger partial charge in [0, 0.05) is 31.0 Å². The Labute approximate surface area is 201 Å². The van der Waals surface area contributed by atoms with E-state index in [9.17, 15) is 13.2 Å². The molecule has 0 bridgehead atoms. The number of amides is 1. The van der Waals surface area contributed by atoms with E-state index in [0.29, 0.717) is 49.6 Å². The summed E-state index contributed by atoms with van der Waals surface area (Å²) in [4.78, 5) is 16.1. The van der Waals surface area contributed by atoms with Crippen LogP contribution in [0.1, 0.15) is 17.7 Å². The molecule has 1 atom stereocenters. The molecule has 0 spiro atoms. The Hall–Kier alpha value is -3.15. The molecule has 3 aromatic rings. The van der Waals surface area contributed by atoms with E-state index < -0.39 is 16.1 Å². The van der Waals surface area contributed by atoms with Crippen LogP contribution in [-0.4, -0.2) is 47.6 Å². The average Bonchev–Trinajstić information content (AvgIpc) is 3.35. The summed E-state index contributed by atoms with van der Waals surface area (Å²) >= 11 is 5.84. The van der Waals surface area contributed by atoms with E-state index in [1.807, 2.05) is 22.9 Å². The molecular formula is C22H23ClN6O4S. The SMILES string of the molecule is O=C(Nc1ccnc(Cl)c1)Oc1cccc(C[C@H]2Cn3ncc(N4CCCS4(=O)=O)c3CN2)c1. The third-order valence-corrected chi connectivity index (χ3v) is 7.87. The highest BCUT2D eigenvalue weighted by Gasteiger charge is 2.33. The lowest BCUT2D eigenvalue weighted by atomic mass is 10.0. The lowest BCUT2D eigenvalue weighted by Crippen LogP contribution is -2.41. The van der Waals surface area contributed by atoms with Crippen molar-refractivity contribution in [2.24, 2.45) is 0 Å². The second-order valence-corrected chi connectivity index (χ2v) is 10.6. The Kier molecular flexibility index (Phi) is 6.15. The zero-order valence-electron chi connectivity index (χ0n) is 18.1. The molecule has 0 aliphatic carbocycles. The number of pyridine rings is 1. The van der Waals surface area contributed by atoms with E-state index in [-0.39, 0.29) is 16.9 Å². The minimum atomic E-state index is -3.25. The normalized spacial score (nSPS) is 19.0. The number of carbonyl (C=O) groups is 1. The first-order chi connectivity index (χ1) is 16.4. The van der Waals surface area contributed by atoms with Crippen LogP contribution >= 0.6 is 11.6 Å². The topological polar surface area (TPSA) is 118 Å². The Morgan fingerprint density at radius 3 is 2.97 bits per heavy atom. The van der Waals surface area contributed by atoms with Gasteiger partial charge in [-0.15, -0.1) is 0 Å². The van der Waals surface area contributed by atoms with Gasteiger partial charge in [0.15, 0.2) is 0 Å². The fourth-order valence-electron chi connectivity index (χ4n) is 4.26. The molecule has 1 amide bonds. The molecule has 178 valence electrons. The van der Waals surface area contributed by atoms with E-state index >= 15 is 0 Å². The van der Waals surface area contributed by atoms with Crippen LogP contribution in [0.4, 0.5) is 16.2 Å². The second kappa shape index (κ2) is 9.24. The molecule has 10 nitrogen and oxygen atoms in total. The third kappa shape index (κ3) is 4.86. The van der Waals surface area contributed by atoms with Crippen LogP contribution in [0.2, 0.25) is 5.15 Å². The van der Waals surface area contributed by atoms with Gasteiger partial charge < -0.3 is 10.1 Å². The lowest BCUT2D eigenvalue weighted by molar-refractivity contribution is 0.215. The monoisotopic (exact) mass is 502 g/mol. The molecule has 2 aliphatic rings. The average molecular weight is 503 g/mol. The van der Waals surface area contributed by atoms with E-state index in [2.05, 4.69) is 20.7 Å². The largest absolute Gasteiger partial charge is 0.417 e. The number of benzene rings is 1. The van der Waals surface area contributed by atoms with Crippen molar-refractivity contribution in [3.8, 4) is 5.75 Å². The number of sulfonamides is 1. The molecule has 2 aromatic heterocycles. The number of nitrogens with one attached hydrogen (secondary N) is 2. The molecule has 0 saturated carbocycles. The van der Waals surface area contributed by atoms with Crippen LogP contribution in [0, 0.1) is 0 Å². The van der Waals surface area contributed by atoms with Crippen molar-refractivity contribution in [3.63, 3.8) is 0 Å². The number of aromatic nitrogens is 3. The van der Waals surface area contributed by atoms with Gasteiger partial charge in [-0.1, -0.05) is 23.7 Å². The Morgan fingerprint density at radius 1 is 1.29 bits per heavy atom. The molecule has 2 N–H and O–H groups in total. The second-order valence-electron chi connectivity index (χ2n) is 8.21. The van der Waals surface area contributed by atoms with Crippen molar-refractivity contribution >= 4 is 39.1 Å². The number of rotatable bonds is 5. The Morgan fingerprint density at radius 2 is 2.18 bits per heavy atom. The third-order valence-electron chi connectivity index (χ3n) is 5.81. The highest BCUT2D eigenvalue weighted by atomic mass is 35.5. The summed E-state index contributed by atoms with van der Waals surface area (Å²) in [5.74, 6) is 0.604. The quantitative estimate of drug-likeness (QED) is 0.515. The molecule has 4 heterocycles. The molecule has 1 fully saturated rings. The van der Waals surface area contributed by atoms with Crippen molar-refractivity contribution < 1.29 is 17.9 Å². The maximum absolute atomic E-state index is 12.3. The number of fused-ring (bicyclic) bond motifs is 1. The molecule has 1 aromatic carbocycles. The van der Waals surface area contributed by atoms with Gasteiger partial charge in [-0.05, 0) is 42.7 Å². The molecule has 12 heteroatoms. The number of hydrogen-bond donors (Lipinski definition) is 2. The summed E-state index contributed by atoms with van der Waals surface area (Å²) in [6, 6.07) is 10.6. The van der Waals surface area contributed by atoms with Gasteiger partial charge in [-0.3, -0.25) is 14.3 Å². The first-order valence-electron chi connectivity index (χ1n) is 10.9. The number of carbonyl (C=O) groups excluding carboxylic acids is 1. The summed E-state index contributed by atoms with van der Waals surface area (Å²) in [6.45, 7) is 1.63. The minimum absolute atomic E-state index is 0.0958. The summed E-state index contributed by atoms with van der Waals surface area (Å²) < 4.78 is 33.3.